The summed E-state index contributed by atoms with van der Waals surface area (Å²) >= 11 is 5.92. The number of amidine groups is 1. The van der Waals surface area contributed by atoms with Gasteiger partial charge in [0.05, 0.1) is 17.3 Å². The van der Waals surface area contributed by atoms with E-state index in [4.69, 9.17) is 27.3 Å². The molecule has 2 rings (SSSR count). The lowest BCUT2D eigenvalue weighted by Crippen LogP contribution is -2.13. The number of nitrogens with two attached hydrogens (primary N) is 1. The molecule has 0 aliphatic carbocycles. The van der Waals surface area contributed by atoms with E-state index in [1.807, 2.05) is 6.92 Å². The van der Waals surface area contributed by atoms with Crippen molar-refractivity contribution in [2.45, 2.75) is 13.5 Å². The number of aryl methyl sites for hydroxylation is 1. The van der Waals surface area contributed by atoms with Crippen LogP contribution in [0, 0.1) is 6.92 Å². The first-order valence-electron chi connectivity index (χ1n) is 6.00. The molecule has 0 unspecified atom stereocenters. The number of rotatable bonds is 5. The first-order chi connectivity index (χ1) is 9.60. The molecule has 0 spiro atoms. The molecule has 20 heavy (non-hydrogen) atoms. The highest BCUT2D eigenvalue weighted by molar-refractivity contribution is 6.31. The molecule has 1 heterocycles. The number of aromatic nitrogens is 2. The van der Waals surface area contributed by atoms with Gasteiger partial charge in [-0.25, -0.2) is 0 Å². The minimum Gasteiger partial charge on any atom is -0.492 e. The maximum absolute atomic E-state index is 8.56. The summed E-state index contributed by atoms with van der Waals surface area (Å²) < 4.78 is 7.32. The lowest BCUT2D eigenvalue weighted by Gasteiger charge is -2.07. The molecular weight excluding hydrogens is 280 g/mol. The second-order valence-electron chi connectivity index (χ2n) is 4.18. The molecule has 0 bridgehead atoms. The predicted octanol–water partition coefficient (Wildman–Crippen LogP) is 2.02. The van der Waals surface area contributed by atoms with Crippen LogP contribution >= 0.6 is 11.6 Å². The Hall–Kier alpha value is -2.21. The van der Waals surface area contributed by atoms with Crippen molar-refractivity contribution in [2.75, 3.05) is 6.61 Å². The lowest BCUT2D eigenvalue weighted by molar-refractivity contribution is 0.291. The summed E-state index contributed by atoms with van der Waals surface area (Å²) in [5, 5.41) is 16.4. The Labute approximate surface area is 121 Å². The monoisotopic (exact) mass is 294 g/mol. The Morgan fingerprint density at radius 3 is 2.70 bits per heavy atom. The molecule has 0 fully saturated rings. The maximum atomic E-state index is 8.56. The highest BCUT2D eigenvalue weighted by Gasteiger charge is 2.02. The first-order valence-corrected chi connectivity index (χ1v) is 6.38. The molecule has 106 valence electrons. The van der Waals surface area contributed by atoms with Crippen LogP contribution < -0.4 is 10.5 Å². The molecule has 0 aliphatic heterocycles. The number of nitrogens with zero attached hydrogens (tertiary/aromatic N) is 3. The van der Waals surface area contributed by atoms with Gasteiger partial charge in [-0.05, 0) is 31.2 Å². The fraction of sp³-hybridized carbons (Fsp3) is 0.231. The SMILES string of the molecule is Cc1nn(CCOc2ccc(C(N)=NO)cc2)cc1Cl. The van der Waals surface area contributed by atoms with Crippen LogP contribution in [-0.2, 0) is 6.54 Å². The van der Waals surface area contributed by atoms with Crippen LogP contribution in [0.4, 0.5) is 0 Å². The molecule has 2 aromatic rings. The van der Waals surface area contributed by atoms with Crippen molar-refractivity contribution in [3.05, 3.63) is 46.7 Å². The van der Waals surface area contributed by atoms with E-state index in [0.29, 0.717) is 29.5 Å². The van der Waals surface area contributed by atoms with E-state index in [2.05, 4.69) is 10.3 Å². The number of oxime groups is 1. The second-order valence-corrected chi connectivity index (χ2v) is 4.59. The quantitative estimate of drug-likeness (QED) is 0.382. The summed E-state index contributed by atoms with van der Waals surface area (Å²) in [6.45, 7) is 2.93. The summed E-state index contributed by atoms with van der Waals surface area (Å²) in [5.41, 5.74) is 6.91. The van der Waals surface area contributed by atoms with Gasteiger partial charge >= 0.3 is 0 Å². The minimum atomic E-state index is 0.0678. The molecule has 0 saturated heterocycles. The maximum Gasteiger partial charge on any atom is 0.170 e. The second kappa shape index (κ2) is 6.29. The Morgan fingerprint density at radius 1 is 1.45 bits per heavy atom. The van der Waals surface area contributed by atoms with Crippen molar-refractivity contribution in [3.63, 3.8) is 0 Å². The molecule has 1 aromatic carbocycles. The van der Waals surface area contributed by atoms with Crippen LogP contribution in [0.2, 0.25) is 5.02 Å². The zero-order chi connectivity index (χ0) is 14.5. The summed E-state index contributed by atoms with van der Waals surface area (Å²) in [6, 6.07) is 6.96. The Bertz CT molecular complexity index is 588. The lowest BCUT2D eigenvalue weighted by atomic mass is 10.2. The van der Waals surface area contributed by atoms with Gasteiger partial charge in [0.15, 0.2) is 5.84 Å². The van der Waals surface area contributed by atoms with Crippen LogP contribution in [0.25, 0.3) is 0 Å². The van der Waals surface area contributed by atoms with Gasteiger partial charge < -0.3 is 15.7 Å². The van der Waals surface area contributed by atoms with E-state index >= 15 is 0 Å². The third kappa shape index (κ3) is 3.42. The largest absolute Gasteiger partial charge is 0.492 e. The minimum absolute atomic E-state index is 0.0678. The van der Waals surface area contributed by atoms with E-state index in [1.54, 1.807) is 35.1 Å². The normalized spacial score (nSPS) is 11.6. The topological polar surface area (TPSA) is 85.7 Å². The highest BCUT2D eigenvalue weighted by atomic mass is 35.5. The average Bonchev–Trinajstić information content (AvgIpc) is 2.77. The zero-order valence-electron chi connectivity index (χ0n) is 11.0. The van der Waals surface area contributed by atoms with E-state index in [-0.39, 0.29) is 5.84 Å². The van der Waals surface area contributed by atoms with Crippen LogP contribution in [0.3, 0.4) is 0 Å². The average molecular weight is 295 g/mol. The zero-order valence-corrected chi connectivity index (χ0v) is 11.7. The first kappa shape index (κ1) is 14.2. The summed E-state index contributed by atoms with van der Waals surface area (Å²) in [5.74, 6) is 0.771. The third-order valence-electron chi connectivity index (χ3n) is 2.73. The molecule has 0 amide bonds. The van der Waals surface area contributed by atoms with Crippen LogP contribution in [0.15, 0.2) is 35.6 Å². The van der Waals surface area contributed by atoms with Gasteiger partial charge in [-0.15, -0.1) is 0 Å². The van der Waals surface area contributed by atoms with Crippen molar-refractivity contribution >= 4 is 17.4 Å². The van der Waals surface area contributed by atoms with E-state index < -0.39 is 0 Å². The molecular formula is C13H15ClN4O2. The van der Waals surface area contributed by atoms with E-state index in [0.717, 1.165) is 5.69 Å². The van der Waals surface area contributed by atoms with Crippen molar-refractivity contribution in [1.29, 1.82) is 0 Å². The number of ether oxygens (including phenoxy) is 1. The molecule has 0 aliphatic rings. The highest BCUT2D eigenvalue weighted by Crippen LogP contribution is 2.14. The number of halogens is 1. The Kier molecular flexibility index (Phi) is 4.47. The standard InChI is InChI=1S/C13H15ClN4O2/c1-9-12(14)8-18(16-9)6-7-20-11-4-2-10(3-5-11)13(15)17-19/h2-5,8,19H,6-7H2,1H3,(H2,15,17). The van der Waals surface area contributed by atoms with Gasteiger partial charge in [0, 0.05) is 11.8 Å². The van der Waals surface area contributed by atoms with E-state index in [1.165, 1.54) is 0 Å². The number of hydrogen-bond acceptors (Lipinski definition) is 4. The smallest absolute Gasteiger partial charge is 0.170 e. The van der Waals surface area contributed by atoms with Gasteiger partial charge in [0.2, 0.25) is 0 Å². The number of benzene rings is 1. The van der Waals surface area contributed by atoms with E-state index in [9.17, 15) is 0 Å². The Balaban J connectivity index is 1.88. The van der Waals surface area contributed by atoms with Crippen LogP contribution in [-0.4, -0.2) is 27.4 Å². The summed E-state index contributed by atoms with van der Waals surface area (Å²) in [4.78, 5) is 0. The van der Waals surface area contributed by atoms with Gasteiger partial charge in [0.1, 0.15) is 12.4 Å². The molecule has 3 N–H and O–H groups in total. The molecule has 6 nitrogen and oxygen atoms in total. The van der Waals surface area contributed by atoms with Gasteiger partial charge in [-0.2, -0.15) is 5.10 Å². The van der Waals surface area contributed by atoms with Crippen LogP contribution in [0.1, 0.15) is 11.3 Å². The molecule has 7 heteroatoms. The van der Waals surface area contributed by atoms with Crippen molar-refractivity contribution < 1.29 is 9.94 Å². The molecule has 0 saturated carbocycles. The van der Waals surface area contributed by atoms with Crippen LogP contribution in [0.5, 0.6) is 5.75 Å². The van der Waals surface area contributed by atoms with Gasteiger partial charge in [-0.3, -0.25) is 4.68 Å². The van der Waals surface area contributed by atoms with Crippen molar-refractivity contribution in [2.24, 2.45) is 10.9 Å². The predicted molar refractivity (Wildman–Crippen MR) is 76.4 cm³/mol. The molecule has 0 radical (unpaired) electrons. The molecule has 1 aromatic heterocycles. The third-order valence-corrected chi connectivity index (χ3v) is 3.10. The summed E-state index contributed by atoms with van der Waals surface area (Å²) in [7, 11) is 0. The molecule has 0 atom stereocenters. The van der Waals surface area contributed by atoms with Crippen molar-refractivity contribution in [1.82, 2.24) is 9.78 Å². The van der Waals surface area contributed by atoms with Crippen molar-refractivity contribution in [3.8, 4) is 5.75 Å². The number of hydrogen-bond donors (Lipinski definition) is 2. The van der Waals surface area contributed by atoms with Gasteiger partial charge in [-0.1, -0.05) is 16.8 Å². The fourth-order valence-electron chi connectivity index (χ4n) is 1.64. The van der Waals surface area contributed by atoms with Gasteiger partial charge in [0.25, 0.3) is 0 Å². The summed E-state index contributed by atoms with van der Waals surface area (Å²) in [6.07, 6.45) is 1.77. The fourth-order valence-corrected chi connectivity index (χ4v) is 1.80. The Morgan fingerprint density at radius 2 is 2.15 bits per heavy atom.